The zero-order chi connectivity index (χ0) is 27.4. The highest BCUT2D eigenvalue weighted by Gasteiger charge is 2.20. The van der Waals surface area contributed by atoms with Crippen molar-refractivity contribution in [2.45, 2.75) is 13.8 Å². The molecule has 0 saturated carbocycles. The molecular formula is C28H18Cl2O8. The summed E-state index contributed by atoms with van der Waals surface area (Å²) in [6.45, 7) is 2.40. The number of ether oxygens (including phenoxy) is 3. The molecule has 0 saturated heterocycles. The van der Waals surface area contributed by atoms with Crippen LogP contribution in [0.25, 0.3) is 28.4 Å². The first-order valence-corrected chi connectivity index (χ1v) is 11.8. The van der Waals surface area contributed by atoms with Gasteiger partial charge >= 0.3 is 17.9 Å². The fourth-order valence-corrected chi connectivity index (χ4v) is 3.74. The van der Waals surface area contributed by atoms with Crippen molar-refractivity contribution in [3.63, 3.8) is 0 Å². The normalized spacial score (nSPS) is 10.9. The van der Waals surface area contributed by atoms with Crippen LogP contribution in [-0.2, 0) is 14.4 Å². The monoisotopic (exact) mass is 552 g/mol. The third-order valence-electron chi connectivity index (χ3n) is 5.03. The first-order valence-electron chi connectivity index (χ1n) is 11.0. The molecule has 1 heterocycles. The lowest BCUT2D eigenvalue weighted by Crippen LogP contribution is -2.14. The molecule has 4 aromatic rings. The number of carbonyl (C=O) groups is 3. The summed E-state index contributed by atoms with van der Waals surface area (Å²) in [4.78, 5) is 48.8. The van der Waals surface area contributed by atoms with E-state index in [1.54, 1.807) is 30.3 Å². The highest BCUT2D eigenvalue weighted by atomic mass is 35.5. The first-order chi connectivity index (χ1) is 18.1. The average molecular weight is 553 g/mol. The Morgan fingerprint density at radius 1 is 0.816 bits per heavy atom. The average Bonchev–Trinajstić information content (AvgIpc) is 2.87. The van der Waals surface area contributed by atoms with E-state index in [0.29, 0.717) is 21.7 Å². The molecular weight excluding hydrogens is 535 g/mol. The van der Waals surface area contributed by atoms with Crippen LogP contribution in [0.3, 0.4) is 0 Å². The van der Waals surface area contributed by atoms with Crippen LogP contribution >= 0.6 is 23.2 Å². The molecule has 0 spiro atoms. The highest BCUT2D eigenvalue weighted by molar-refractivity contribution is 6.42. The van der Waals surface area contributed by atoms with Crippen LogP contribution in [0, 0.1) is 0 Å². The van der Waals surface area contributed by atoms with Gasteiger partial charge in [-0.3, -0.25) is 14.4 Å². The van der Waals surface area contributed by atoms with E-state index in [0.717, 1.165) is 6.08 Å². The number of rotatable bonds is 6. The third kappa shape index (κ3) is 6.11. The highest BCUT2D eigenvalue weighted by Crippen LogP contribution is 2.35. The van der Waals surface area contributed by atoms with E-state index in [4.69, 9.17) is 41.8 Å². The van der Waals surface area contributed by atoms with Gasteiger partial charge in [-0.05, 0) is 54.1 Å². The summed E-state index contributed by atoms with van der Waals surface area (Å²) in [7, 11) is 0. The second-order valence-electron chi connectivity index (χ2n) is 7.86. The Balaban J connectivity index is 1.69. The molecule has 10 heteroatoms. The van der Waals surface area contributed by atoms with Crippen LogP contribution in [0.5, 0.6) is 17.2 Å². The van der Waals surface area contributed by atoms with Crippen molar-refractivity contribution < 1.29 is 33.0 Å². The Hall–Kier alpha value is -4.40. The van der Waals surface area contributed by atoms with E-state index in [1.807, 2.05) is 0 Å². The maximum atomic E-state index is 13.2. The smallest absolute Gasteiger partial charge is 0.336 e. The van der Waals surface area contributed by atoms with Gasteiger partial charge in [0.15, 0.2) is 17.3 Å². The molecule has 4 rings (SSSR count). The van der Waals surface area contributed by atoms with Crippen molar-refractivity contribution in [1.29, 1.82) is 0 Å². The van der Waals surface area contributed by atoms with E-state index in [9.17, 15) is 19.2 Å². The second-order valence-corrected chi connectivity index (χ2v) is 8.68. The van der Waals surface area contributed by atoms with E-state index in [2.05, 4.69) is 0 Å². The SMILES string of the molecule is CC(=O)Oc1ccc(/C=C/C(=O)Oc2c(-c3ccc(Cl)c(Cl)c3)oc3ccccc3c2=O)cc1OC(C)=O. The summed E-state index contributed by atoms with van der Waals surface area (Å²) in [6.07, 6.45) is 2.44. The Morgan fingerprint density at radius 3 is 2.24 bits per heavy atom. The largest absolute Gasteiger partial charge is 0.452 e. The molecule has 0 bridgehead atoms. The minimum Gasteiger partial charge on any atom is -0.452 e. The van der Waals surface area contributed by atoms with Gasteiger partial charge in [-0.1, -0.05) is 41.4 Å². The summed E-state index contributed by atoms with van der Waals surface area (Å²) in [5.74, 6) is -2.42. The molecule has 38 heavy (non-hydrogen) atoms. The molecule has 0 fully saturated rings. The summed E-state index contributed by atoms with van der Waals surface area (Å²) in [6, 6.07) is 15.5. The lowest BCUT2D eigenvalue weighted by molar-refractivity contribution is -0.134. The van der Waals surface area contributed by atoms with Gasteiger partial charge in [0.25, 0.3) is 0 Å². The third-order valence-corrected chi connectivity index (χ3v) is 5.77. The Bertz CT molecular complexity index is 1670. The number of benzene rings is 3. The lowest BCUT2D eigenvalue weighted by atomic mass is 10.1. The quantitative estimate of drug-likeness (QED) is 0.157. The van der Waals surface area contributed by atoms with Gasteiger partial charge in [0, 0.05) is 25.5 Å². The van der Waals surface area contributed by atoms with Crippen LogP contribution in [-0.4, -0.2) is 17.9 Å². The first kappa shape index (κ1) is 26.7. The molecule has 0 atom stereocenters. The molecule has 8 nitrogen and oxygen atoms in total. The van der Waals surface area contributed by atoms with Crippen LogP contribution < -0.4 is 19.6 Å². The van der Waals surface area contributed by atoms with E-state index < -0.39 is 23.3 Å². The van der Waals surface area contributed by atoms with Crippen molar-refractivity contribution in [3.8, 4) is 28.6 Å². The van der Waals surface area contributed by atoms with Gasteiger partial charge in [0.2, 0.25) is 11.2 Å². The van der Waals surface area contributed by atoms with Gasteiger partial charge in [0.05, 0.1) is 15.4 Å². The number of halogens is 2. The van der Waals surface area contributed by atoms with Gasteiger partial charge in [-0.2, -0.15) is 0 Å². The molecule has 0 aliphatic heterocycles. The van der Waals surface area contributed by atoms with Crippen LogP contribution in [0.2, 0.25) is 10.0 Å². The number of para-hydroxylation sites is 1. The fraction of sp³-hybridized carbons (Fsp3) is 0.0714. The molecule has 3 aromatic carbocycles. The summed E-state index contributed by atoms with van der Waals surface area (Å²) >= 11 is 12.2. The summed E-state index contributed by atoms with van der Waals surface area (Å²) < 4.78 is 21.5. The number of esters is 3. The summed E-state index contributed by atoms with van der Waals surface area (Å²) in [5.41, 5.74) is 0.530. The molecule has 0 amide bonds. The lowest BCUT2D eigenvalue weighted by Gasteiger charge is -2.10. The van der Waals surface area contributed by atoms with Crippen LogP contribution in [0.15, 0.2) is 76.0 Å². The second kappa shape index (κ2) is 11.3. The van der Waals surface area contributed by atoms with Crippen molar-refractivity contribution in [2.24, 2.45) is 0 Å². The van der Waals surface area contributed by atoms with Crippen molar-refractivity contribution in [3.05, 3.63) is 92.6 Å². The molecule has 192 valence electrons. The van der Waals surface area contributed by atoms with Gasteiger partial charge in [-0.25, -0.2) is 4.79 Å². The Kier molecular flexibility index (Phi) is 7.95. The summed E-state index contributed by atoms with van der Waals surface area (Å²) in [5, 5.41) is 0.737. The Morgan fingerprint density at radius 2 is 1.53 bits per heavy atom. The number of carbonyl (C=O) groups excluding carboxylic acids is 3. The molecule has 0 N–H and O–H groups in total. The number of fused-ring (bicyclic) bond motifs is 1. The predicted octanol–water partition coefficient (Wildman–Crippen LogP) is 6.24. The van der Waals surface area contributed by atoms with Gasteiger partial charge in [0.1, 0.15) is 5.58 Å². The number of hydrogen-bond acceptors (Lipinski definition) is 8. The maximum absolute atomic E-state index is 13.2. The van der Waals surface area contributed by atoms with Crippen molar-refractivity contribution >= 4 is 58.2 Å². The minimum absolute atomic E-state index is 0.00287. The van der Waals surface area contributed by atoms with Gasteiger partial charge in [-0.15, -0.1) is 0 Å². The molecule has 0 aliphatic rings. The predicted molar refractivity (Wildman–Crippen MR) is 142 cm³/mol. The zero-order valence-electron chi connectivity index (χ0n) is 20.0. The van der Waals surface area contributed by atoms with E-state index in [-0.39, 0.29) is 33.4 Å². The van der Waals surface area contributed by atoms with Crippen molar-refractivity contribution in [1.82, 2.24) is 0 Å². The van der Waals surface area contributed by atoms with Crippen molar-refractivity contribution in [2.75, 3.05) is 0 Å². The van der Waals surface area contributed by atoms with Crippen LogP contribution in [0.1, 0.15) is 19.4 Å². The zero-order valence-corrected chi connectivity index (χ0v) is 21.5. The number of hydrogen-bond donors (Lipinski definition) is 0. The molecule has 0 aliphatic carbocycles. The van der Waals surface area contributed by atoms with E-state index >= 15 is 0 Å². The molecule has 1 aromatic heterocycles. The topological polar surface area (TPSA) is 109 Å². The minimum atomic E-state index is -0.882. The van der Waals surface area contributed by atoms with E-state index in [1.165, 1.54) is 50.3 Å². The standard InChI is InChI=1S/C28H18Cl2O8/c1-15(31)35-23-11-7-17(13-24(23)36-16(2)32)8-12-25(33)38-28-26(34)19-5-3-4-6-22(19)37-27(28)18-9-10-20(29)21(30)14-18/h3-14H,1-2H3/b12-8+. The molecule has 0 radical (unpaired) electrons. The van der Waals surface area contributed by atoms with Crippen LogP contribution in [0.4, 0.5) is 0 Å². The maximum Gasteiger partial charge on any atom is 0.336 e. The molecule has 0 unspecified atom stereocenters. The fourth-order valence-electron chi connectivity index (χ4n) is 3.45. The van der Waals surface area contributed by atoms with Gasteiger partial charge < -0.3 is 18.6 Å². The Labute approximate surface area is 225 Å².